The smallest absolute Gasteiger partial charge is 0.194 e. The van der Waals surface area contributed by atoms with E-state index in [0.717, 1.165) is 6.07 Å². The summed E-state index contributed by atoms with van der Waals surface area (Å²) in [4.78, 5) is 0. The second-order valence-electron chi connectivity index (χ2n) is 4.21. The molecule has 0 amide bonds. The maximum absolute atomic E-state index is 13.1. The molecule has 0 fully saturated rings. The van der Waals surface area contributed by atoms with E-state index >= 15 is 0 Å². The summed E-state index contributed by atoms with van der Waals surface area (Å²) in [6.45, 7) is 1.50. The zero-order chi connectivity index (χ0) is 14.2. The zero-order valence-corrected chi connectivity index (χ0v) is 9.92. The molecular weight excluding hydrogens is 260 g/mol. The van der Waals surface area contributed by atoms with Gasteiger partial charge in [-0.2, -0.15) is 0 Å². The normalized spacial score (nSPS) is 12.5. The van der Waals surface area contributed by atoms with Gasteiger partial charge in [0.25, 0.3) is 0 Å². The Balaban J connectivity index is 2.43. The van der Waals surface area contributed by atoms with Crippen molar-refractivity contribution in [2.75, 3.05) is 0 Å². The molecular formula is C14H10F4O. The Bertz CT molecular complexity index is 602. The Kier molecular flexibility index (Phi) is 3.57. The number of rotatable bonds is 2. The highest BCUT2D eigenvalue weighted by molar-refractivity contribution is 5.33. The number of hydrogen-bond acceptors (Lipinski definition) is 1. The molecule has 19 heavy (non-hydrogen) atoms. The molecule has 100 valence electrons. The molecule has 0 aliphatic heterocycles. The summed E-state index contributed by atoms with van der Waals surface area (Å²) >= 11 is 0. The average molecular weight is 270 g/mol. The maximum Gasteiger partial charge on any atom is 0.194 e. The lowest BCUT2D eigenvalue weighted by molar-refractivity contribution is 0.218. The fourth-order valence-electron chi connectivity index (χ4n) is 1.76. The van der Waals surface area contributed by atoms with E-state index in [1.165, 1.54) is 19.1 Å². The van der Waals surface area contributed by atoms with Crippen LogP contribution >= 0.6 is 0 Å². The summed E-state index contributed by atoms with van der Waals surface area (Å²) in [5.41, 5.74) is 0.423. The van der Waals surface area contributed by atoms with Gasteiger partial charge in [-0.15, -0.1) is 0 Å². The lowest BCUT2D eigenvalue weighted by atomic mass is 9.99. The Labute approximate surface area is 107 Å². The van der Waals surface area contributed by atoms with Crippen LogP contribution in [-0.4, -0.2) is 5.11 Å². The lowest BCUT2D eigenvalue weighted by Crippen LogP contribution is -2.04. The molecule has 0 aromatic heterocycles. The maximum atomic E-state index is 13.1. The number of aliphatic hydroxyl groups excluding tert-OH is 1. The first-order chi connectivity index (χ1) is 8.90. The summed E-state index contributed by atoms with van der Waals surface area (Å²) in [6.07, 6.45) is -1.36. The van der Waals surface area contributed by atoms with Gasteiger partial charge in [0, 0.05) is 0 Å². The van der Waals surface area contributed by atoms with Gasteiger partial charge in [-0.3, -0.25) is 0 Å². The predicted molar refractivity (Wildman–Crippen MR) is 61.5 cm³/mol. The van der Waals surface area contributed by atoms with Gasteiger partial charge in [-0.25, -0.2) is 17.6 Å². The minimum Gasteiger partial charge on any atom is -0.384 e. The molecule has 2 aromatic rings. The van der Waals surface area contributed by atoms with Gasteiger partial charge in [-0.05, 0) is 41.8 Å². The molecule has 0 saturated heterocycles. The van der Waals surface area contributed by atoms with Gasteiger partial charge in [0.15, 0.2) is 17.5 Å². The van der Waals surface area contributed by atoms with Crippen LogP contribution < -0.4 is 0 Å². The van der Waals surface area contributed by atoms with Crippen molar-refractivity contribution < 1.29 is 22.7 Å². The first kappa shape index (κ1) is 13.5. The first-order valence-corrected chi connectivity index (χ1v) is 5.48. The standard InChI is InChI=1S/C14H10F4O/c1-7-4-8(2-3-10(7)15)14(19)9-5-11(16)13(18)12(17)6-9/h2-6,14,19H,1H3. The van der Waals surface area contributed by atoms with Crippen LogP contribution in [0.1, 0.15) is 22.8 Å². The fourth-order valence-corrected chi connectivity index (χ4v) is 1.76. The Hall–Kier alpha value is -1.88. The van der Waals surface area contributed by atoms with Crippen molar-refractivity contribution in [3.63, 3.8) is 0 Å². The molecule has 1 unspecified atom stereocenters. The van der Waals surface area contributed by atoms with Crippen molar-refractivity contribution in [1.82, 2.24) is 0 Å². The molecule has 0 heterocycles. The summed E-state index contributed by atoms with van der Waals surface area (Å²) in [6, 6.07) is 5.22. The number of hydrogen-bond donors (Lipinski definition) is 1. The second kappa shape index (κ2) is 5.01. The van der Waals surface area contributed by atoms with E-state index in [4.69, 9.17) is 0 Å². The van der Waals surface area contributed by atoms with Crippen LogP contribution in [0.2, 0.25) is 0 Å². The van der Waals surface area contributed by atoms with Crippen LogP contribution in [0.25, 0.3) is 0 Å². The van der Waals surface area contributed by atoms with Crippen molar-refractivity contribution in [2.24, 2.45) is 0 Å². The second-order valence-corrected chi connectivity index (χ2v) is 4.21. The van der Waals surface area contributed by atoms with Gasteiger partial charge < -0.3 is 5.11 Å². The third-order valence-electron chi connectivity index (χ3n) is 2.82. The van der Waals surface area contributed by atoms with E-state index in [-0.39, 0.29) is 11.1 Å². The largest absolute Gasteiger partial charge is 0.384 e. The summed E-state index contributed by atoms with van der Waals surface area (Å²) < 4.78 is 52.1. The van der Waals surface area contributed by atoms with Crippen LogP contribution in [0.15, 0.2) is 30.3 Å². The van der Waals surface area contributed by atoms with E-state index in [9.17, 15) is 22.7 Å². The minimum absolute atomic E-state index is 0.137. The SMILES string of the molecule is Cc1cc(C(O)c2cc(F)c(F)c(F)c2)ccc1F. The summed E-state index contributed by atoms with van der Waals surface area (Å²) in [7, 11) is 0. The van der Waals surface area contributed by atoms with Gasteiger partial charge in [0.05, 0.1) is 0 Å². The van der Waals surface area contributed by atoms with Gasteiger partial charge in [0.2, 0.25) is 0 Å². The number of aliphatic hydroxyl groups is 1. The van der Waals surface area contributed by atoms with Gasteiger partial charge in [-0.1, -0.05) is 12.1 Å². The predicted octanol–water partition coefficient (Wildman–Crippen LogP) is 3.63. The monoisotopic (exact) mass is 270 g/mol. The van der Waals surface area contributed by atoms with Crippen molar-refractivity contribution >= 4 is 0 Å². The number of halogens is 4. The molecule has 0 saturated carbocycles. The molecule has 1 nitrogen and oxygen atoms in total. The Morgan fingerprint density at radius 3 is 1.95 bits per heavy atom. The highest BCUT2D eigenvalue weighted by atomic mass is 19.2. The Morgan fingerprint density at radius 2 is 1.42 bits per heavy atom. The molecule has 0 spiro atoms. The highest BCUT2D eigenvalue weighted by Crippen LogP contribution is 2.26. The molecule has 0 aliphatic rings. The number of benzene rings is 2. The van der Waals surface area contributed by atoms with Gasteiger partial charge >= 0.3 is 0 Å². The van der Waals surface area contributed by atoms with E-state index < -0.39 is 29.4 Å². The molecule has 0 bridgehead atoms. The number of aryl methyl sites for hydroxylation is 1. The van der Waals surface area contributed by atoms with Crippen LogP contribution in [0.4, 0.5) is 17.6 Å². The van der Waals surface area contributed by atoms with Crippen molar-refractivity contribution in [2.45, 2.75) is 13.0 Å². The molecule has 5 heteroatoms. The van der Waals surface area contributed by atoms with E-state index in [2.05, 4.69) is 0 Å². The van der Waals surface area contributed by atoms with E-state index in [1.54, 1.807) is 0 Å². The topological polar surface area (TPSA) is 20.2 Å². The van der Waals surface area contributed by atoms with E-state index in [0.29, 0.717) is 17.7 Å². The molecule has 2 rings (SSSR count). The fraction of sp³-hybridized carbons (Fsp3) is 0.143. The van der Waals surface area contributed by atoms with Crippen molar-refractivity contribution in [3.8, 4) is 0 Å². The third kappa shape index (κ3) is 2.61. The van der Waals surface area contributed by atoms with Crippen LogP contribution in [-0.2, 0) is 0 Å². The van der Waals surface area contributed by atoms with Crippen molar-refractivity contribution in [3.05, 3.63) is 70.3 Å². The summed E-state index contributed by atoms with van der Waals surface area (Å²) in [5, 5.41) is 9.97. The third-order valence-corrected chi connectivity index (χ3v) is 2.82. The van der Waals surface area contributed by atoms with Crippen LogP contribution in [0, 0.1) is 30.2 Å². The highest BCUT2D eigenvalue weighted by Gasteiger charge is 2.17. The van der Waals surface area contributed by atoms with E-state index in [1.807, 2.05) is 0 Å². The molecule has 0 radical (unpaired) electrons. The van der Waals surface area contributed by atoms with Crippen molar-refractivity contribution in [1.29, 1.82) is 0 Å². The molecule has 1 atom stereocenters. The molecule has 0 aliphatic carbocycles. The van der Waals surface area contributed by atoms with Crippen LogP contribution in [0.3, 0.4) is 0 Å². The Morgan fingerprint density at radius 1 is 0.842 bits per heavy atom. The summed E-state index contributed by atoms with van der Waals surface area (Å²) in [5.74, 6) is -4.81. The quantitative estimate of drug-likeness (QED) is 0.652. The van der Waals surface area contributed by atoms with Crippen LogP contribution in [0.5, 0.6) is 0 Å². The molecule has 1 N–H and O–H groups in total. The zero-order valence-electron chi connectivity index (χ0n) is 9.92. The minimum atomic E-state index is -1.59. The first-order valence-electron chi connectivity index (χ1n) is 5.48. The molecule has 2 aromatic carbocycles. The average Bonchev–Trinajstić information content (AvgIpc) is 2.37. The van der Waals surface area contributed by atoms with Gasteiger partial charge in [0.1, 0.15) is 11.9 Å². The lowest BCUT2D eigenvalue weighted by Gasteiger charge is -2.13.